The van der Waals surface area contributed by atoms with Crippen molar-refractivity contribution in [2.75, 3.05) is 0 Å². The molecule has 0 N–H and O–H groups in total. The molecule has 60 heavy (non-hydrogen) atoms. The standard InChI is InChI=1S/C56H34N2O2/c1-2-14-36-33(13-1)29-43(38-16-4-3-15-37(36)38)45-32-46-44-30-34(57-48-21-9-5-17-39(48)40-18-6-10-22-49(40)57)25-27-52(44)59-55(46)56-54(45)47-31-35(26-28-53(47)60-56)58-50-23-11-7-19-41(50)42-20-8-12-24-51(42)58/h1-7,9-19,21-32H,8,20H2. The van der Waals surface area contributed by atoms with E-state index in [0.717, 1.165) is 73.7 Å². The maximum absolute atomic E-state index is 7.03. The maximum Gasteiger partial charge on any atom is 0.179 e. The number of aromatic nitrogens is 2. The van der Waals surface area contributed by atoms with Crippen LogP contribution in [0, 0.1) is 0 Å². The van der Waals surface area contributed by atoms with Crippen molar-refractivity contribution in [3.63, 3.8) is 0 Å². The summed E-state index contributed by atoms with van der Waals surface area (Å²) in [5.74, 6) is 0. The molecule has 0 saturated heterocycles. The van der Waals surface area contributed by atoms with Gasteiger partial charge >= 0.3 is 0 Å². The molecule has 9 aromatic carbocycles. The number of nitrogens with zero attached hydrogens (tertiary/aromatic N) is 2. The highest BCUT2D eigenvalue weighted by atomic mass is 16.4. The molecule has 14 rings (SSSR count). The van der Waals surface area contributed by atoms with Gasteiger partial charge in [-0.2, -0.15) is 0 Å². The van der Waals surface area contributed by atoms with Gasteiger partial charge in [0.25, 0.3) is 0 Å². The lowest BCUT2D eigenvalue weighted by Gasteiger charge is -2.13. The predicted octanol–water partition coefficient (Wildman–Crippen LogP) is 15.5. The summed E-state index contributed by atoms with van der Waals surface area (Å²) in [7, 11) is 0. The van der Waals surface area contributed by atoms with Crippen molar-refractivity contribution in [1.82, 2.24) is 9.13 Å². The number of aryl methyl sites for hydroxylation is 1. The zero-order chi connectivity index (χ0) is 39.1. The summed E-state index contributed by atoms with van der Waals surface area (Å²) >= 11 is 0. The lowest BCUT2D eigenvalue weighted by molar-refractivity contribution is 0.633. The molecule has 13 aromatic rings. The molecule has 0 aliphatic heterocycles. The number of benzene rings is 9. The molecule has 0 fully saturated rings. The molecule has 0 amide bonds. The highest BCUT2D eigenvalue weighted by Crippen LogP contribution is 2.48. The number of para-hydroxylation sites is 3. The number of hydrogen-bond donors (Lipinski definition) is 0. The predicted molar refractivity (Wildman–Crippen MR) is 250 cm³/mol. The van der Waals surface area contributed by atoms with E-state index in [0.29, 0.717) is 0 Å². The van der Waals surface area contributed by atoms with Crippen molar-refractivity contribution >= 4 is 104 Å². The zero-order valence-electron chi connectivity index (χ0n) is 32.4. The zero-order valence-corrected chi connectivity index (χ0v) is 32.4. The van der Waals surface area contributed by atoms with Crippen molar-refractivity contribution < 1.29 is 8.83 Å². The van der Waals surface area contributed by atoms with Crippen LogP contribution in [0.3, 0.4) is 0 Å². The summed E-state index contributed by atoms with van der Waals surface area (Å²) < 4.78 is 18.7. The average Bonchev–Trinajstić information content (AvgIpc) is 4.06. The van der Waals surface area contributed by atoms with Crippen LogP contribution >= 0.6 is 0 Å². The molecular formula is C56H34N2O2. The molecule has 0 unspecified atom stereocenters. The Balaban J connectivity index is 1.11. The van der Waals surface area contributed by atoms with Crippen LogP contribution in [0.2, 0.25) is 0 Å². The van der Waals surface area contributed by atoms with Crippen molar-refractivity contribution in [1.29, 1.82) is 0 Å². The molecule has 1 aliphatic rings. The molecule has 280 valence electrons. The van der Waals surface area contributed by atoms with Crippen LogP contribution in [0.4, 0.5) is 0 Å². The maximum atomic E-state index is 7.03. The summed E-state index contributed by atoms with van der Waals surface area (Å²) in [6, 6.07) is 61.7. The van der Waals surface area contributed by atoms with Crippen molar-refractivity contribution in [3.05, 3.63) is 187 Å². The molecule has 4 nitrogen and oxygen atoms in total. The van der Waals surface area contributed by atoms with E-state index >= 15 is 0 Å². The number of hydrogen-bond acceptors (Lipinski definition) is 2. The molecule has 0 radical (unpaired) electrons. The smallest absolute Gasteiger partial charge is 0.179 e. The van der Waals surface area contributed by atoms with Crippen LogP contribution in [0.15, 0.2) is 185 Å². The highest BCUT2D eigenvalue weighted by molar-refractivity contribution is 6.27. The van der Waals surface area contributed by atoms with Gasteiger partial charge in [0.1, 0.15) is 11.2 Å². The van der Waals surface area contributed by atoms with Crippen molar-refractivity contribution in [2.45, 2.75) is 12.8 Å². The van der Waals surface area contributed by atoms with Gasteiger partial charge in [0.05, 0.1) is 16.6 Å². The summed E-state index contributed by atoms with van der Waals surface area (Å²) in [4.78, 5) is 0. The van der Waals surface area contributed by atoms with Gasteiger partial charge in [0.15, 0.2) is 11.2 Å². The normalized spacial score (nSPS) is 13.1. The Labute approximate surface area is 343 Å². The minimum atomic E-state index is 0.762. The van der Waals surface area contributed by atoms with Crippen molar-refractivity contribution in [2.24, 2.45) is 0 Å². The molecule has 0 atom stereocenters. The molecule has 4 heteroatoms. The third-order valence-corrected chi connectivity index (χ3v) is 13.2. The molecule has 0 saturated carbocycles. The van der Waals surface area contributed by atoms with Crippen LogP contribution in [-0.4, -0.2) is 9.13 Å². The quantitative estimate of drug-likeness (QED) is 0.168. The minimum absolute atomic E-state index is 0.762. The summed E-state index contributed by atoms with van der Waals surface area (Å²) in [5.41, 5.74) is 13.9. The van der Waals surface area contributed by atoms with E-state index in [1.165, 1.54) is 71.1 Å². The number of furan rings is 2. The topological polar surface area (TPSA) is 36.1 Å². The van der Waals surface area contributed by atoms with Crippen molar-refractivity contribution in [3.8, 4) is 22.5 Å². The first-order valence-electron chi connectivity index (χ1n) is 20.8. The third-order valence-electron chi connectivity index (χ3n) is 13.2. The molecule has 4 heterocycles. The lowest BCUT2D eigenvalue weighted by atomic mass is 9.90. The van der Waals surface area contributed by atoms with E-state index in [9.17, 15) is 0 Å². The van der Waals surface area contributed by atoms with Gasteiger partial charge in [-0.3, -0.25) is 0 Å². The summed E-state index contributed by atoms with van der Waals surface area (Å²) in [5, 5.41) is 12.9. The Hall–Kier alpha value is -7.82. The fraction of sp³-hybridized carbons (Fsp3) is 0.0357. The SMILES string of the molecule is C1=Cc2c(c3ccccc3n2-c2ccc3oc4c5oc6ccc(-n7c8ccccc8c8ccccc87)cc6c5cc(-c5cc6ccccc6c6ccccc56)c4c3c2)CC1. The first kappa shape index (κ1) is 32.2. The molecule has 0 bridgehead atoms. The number of rotatable bonds is 3. The van der Waals surface area contributed by atoms with E-state index in [4.69, 9.17) is 8.83 Å². The minimum Gasteiger partial charge on any atom is -0.452 e. The Morgan fingerprint density at radius 3 is 1.75 bits per heavy atom. The van der Waals surface area contributed by atoms with Gasteiger partial charge in [0, 0.05) is 54.8 Å². The summed E-state index contributed by atoms with van der Waals surface area (Å²) in [6.45, 7) is 0. The van der Waals surface area contributed by atoms with Gasteiger partial charge in [-0.05, 0) is 124 Å². The van der Waals surface area contributed by atoms with Gasteiger partial charge in [0.2, 0.25) is 0 Å². The van der Waals surface area contributed by atoms with Crippen LogP contribution in [0.25, 0.3) is 127 Å². The largest absolute Gasteiger partial charge is 0.452 e. The Morgan fingerprint density at radius 2 is 0.983 bits per heavy atom. The van der Waals surface area contributed by atoms with Gasteiger partial charge in [-0.1, -0.05) is 109 Å². The molecule has 1 aliphatic carbocycles. The van der Waals surface area contributed by atoms with Crippen LogP contribution < -0.4 is 0 Å². The molecular weight excluding hydrogens is 733 g/mol. The number of fused-ring (bicyclic) bond motifs is 16. The third kappa shape index (κ3) is 4.29. The average molecular weight is 767 g/mol. The van der Waals surface area contributed by atoms with Gasteiger partial charge < -0.3 is 18.0 Å². The van der Waals surface area contributed by atoms with Gasteiger partial charge in [-0.15, -0.1) is 0 Å². The van der Waals surface area contributed by atoms with Crippen LogP contribution in [-0.2, 0) is 6.42 Å². The Kier molecular flexibility index (Phi) is 6.37. The second kappa shape index (κ2) is 11.9. The monoisotopic (exact) mass is 766 g/mol. The lowest BCUT2D eigenvalue weighted by Crippen LogP contribution is -2.00. The fourth-order valence-corrected chi connectivity index (χ4v) is 10.6. The van der Waals surface area contributed by atoms with E-state index in [-0.39, 0.29) is 0 Å². The molecule has 0 spiro atoms. The first-order chi connectivity index (χ1) is 29.8. The second-order valence-electron chi connectivity index (χ2n) is 16.3. The van der Waals surface area contributed by atoms with Crippen LogP contribution in [0.5, 0.6) is 0 Å². The molecule has 4 aromatic heterocycles. The van der Waals surface area contributed by atoms with E-state index in [2.05, 4.69) is 191 Å². The van der Waals surface area contributed by atoms with E-state index in [1.807, 2.05) is 0 Å². The first-order valence-corrected chi connectivity index (χ1v) is 20.8. The van der Waals surface area contributed by atoms with E-state index in [1.54, 1.807) is 0 Å². The number of allylic oxidation sites excluding steroid dienone is 1. The Morgan fingerprint density at radius 1 is 0.400 bits per heavy atom. The van der Waals surface area contributed by atoms with E-state index < -0.39 is 0 Å². The second-order valence-corrected chi connectivity index (χ2v) is 16.3. The van der Waals surface area contributed by atoms with Gasteiger partial charge in [-0.25, -0.2) is 0 Å². The van der Waals surface area contributed by atoms with Crippen LogP contribution in [0.1, 0.15) is 17.7 Å². The highest BCUT2D eigenvalue weighted by Gasteiger charge is 2.25. The fourth-order valence-electron chi connectivity index (χ4n) is 10.6. The Bertz CT molecular complexity index is 3960. The summed E-state index contributed by atoms with van der Waals surface area (Å²) in [6.07, 6.45) is 6.70.